The highest BCUT2D eigenvalue weighted by atomic mass is 16.1. The second kappa shape index (κ2) is 5.70. The van der Waals surface area contributed by atoms with Crippen LogP contribution in [0.5, 0.6) is 0 Å². The summed E-state index contributed by atoms with van der Waals surface area (Å²) in [4.78, 5) is 15.7. The SMILES string of the molecule is CCC1CCCCC1NC(=O)c1cccc2[nH]ccc12. The molecule has 0 aliphatic heterocycles. The van der Waals surface area contributed by atoms with Crippen LogP contribution in [0.3, 0.4) is 0 Å². The summed E-state index contributed by atoms with van der Waals surface area (Å²) in [6.07, 6.45) is 7.94. The lowest BCUT2D eigenvalue weighted by Gasteiger charge is -2.31. The summed E-state index contributed by atoms with van der Waals surface area (Å²) in [6, 6.07) is 8.17. The molecule has 1 heterocycles. The molecule has 20 heavy (non-hydrogen) atoms. The Morgan fingerprint density at radius 1 is 1.30 bits per heavy atom. The second-order valence-corrected chi connectivity index (χ2v) is 5.78. The molecular formula is C17H22N2O. The van der Waals surface area contributed by atoms with E-state index < -0.39 is 0 Å². The zero-order chi connectivity index (χ0) is 13.9. The number of nitrogens with one attached hydrogen (secondary N) is 2. The highest BCUT2D eigenvalue weighted by Gasteiger charge is 2.25. The van der Waals surface area contributed by atoms with Gasteiger partial charge in [0.25, 0.3) is 5.91 Å². The van der Waals surface area contributed by atoms with Crippen LogP contribution in [0.2, 0.25) is 0 Å². The molecule has 2 N–H and O–H groups in total. The molecule has 0 saturated heterocycles. The Kier molecular flexibility index (Phi) is 3.77. The third kappa shape index (κ3) is 2.45. The average Bonchev–Trinajstić information content (AvgIpc) is 2.96. The Hall–Kier alpha value is -1.77. The van der Waals surface area contributed by atoms with E-state index in [-0.39, 0.29) is 5.91 Å². The molecule has 0 radical (unpaired) electrons. The van der Waals surface area contributed by atoms with Crippen molar-refractivity contribution in [1.29, 1.82) is 0 Å². The predicted molar refractivity (Wildman–Crippen MR) is 81.8 cm³/mol. The summed E-state index contributed by atoms with van der Waals surface area (Å²) in [5.74, 6) is 0.707. The van der Waals surface area contributed by atoms with E-state index in [1.54, 1.807) is 0 Å². The molecule has 1 amide bonds. The van der Waals surface area contributed by atoms with Gasteiger partial charge in [-0.05, 0) is 37.0 Å². The Morgan fingerprint density at radius 3 is 3.00 bits per heavy atom. The molecule has 3 heteroatoms. The summed E-state index contributed by atoms with van der Waals surface area (Å²) in [6.45, 7) is 2.22. The van der Waals surface area contributed by atoms with Gasteiger partial charge in [0.2, 0.25) is 0 Å². The van der Waals surface area contributed by atoms with Crippen LogP contribution in [0.25, 0.3) is 10.9 Å². The Bertz CT molecular complexity index is 602. The summed E-state index contributed by atoms with van der Waals surface area (Å²) in [5.41, 5.74) is 1.80. The minimum absolute atomic E-state index is 0.0700. The molecule has 2 atom stereocenters. The van der Waals surface area contributed by atoms with Crippen molar-refractivity contribution in [2.75, 3.05) is 0 Å². The van der Waals surface area contributed by atoms with E-state index in [4.69, 9.17) is 0 Å². The number of hydrogen-bond donors (Lipinski definition) is 2. The smallest absolute Gasteiger partial charge is 0.252 e. The van der Waals surface area contributed by atoms with E-state index in [1.165, 1.54) is 19.3 Å². The highest BCUT2D eigenvalue weighted by molar-refractivity contribution is 6.06. The fraction of sp³-hybridized carbons (Fsp3) is 0.471. The van der Waals surface area contributed by atoms with Gasteiger partial charge in [0.1, 0.15) is 0 Å². The summed E-state index contributed by atoms with van der Waals surface area (Å²) >= 11 is 0. The monoisotopic (exact) mass is 270 g/mol. The fourth-order valence-corrected chi connectivity index (χ4v) is 3.42. The fourth-order valence-electron chi connectivity index (χ4n) is 3.42. The van der Waals surface area contributed by atoms with Crippen molar-refractivity contribution < 1.29 is 4.79 Å². The number of aromatic nitrogens is 1. The van der Waals surface area contributed by atoms with Crippen LogP contribution in [0.15, 0.2) is 30.5 Å². The average molecular weight is 270 g/mol. The van der Waals surface area contributed by atoms with Gasteiger partial charge in [-0.25, -0.2) is 0 Å². The van der Waals surface area contributed by atoms with Crippen molar-refractivity contribution in [3.63, 3.8) is 0 Å². The molecule has 1 aromatic heterocycles. The molecule has 3 rings (SSSR count). The van der Waals surface area contributed by atoms with Crippen molar-refractivity contribution >= 4 is 16.8 Å². The van der Waals surface area contributed by atoms with Crippen LogP contribution < -0.4 is 5.32 Å². The second-order valence-electron chi connectivity index (χ2n) is 5.78. The van der Waals surface area contributed by atoms with Crippen LogP contribution in [-0.2, 0) is 0 Å². The summed E-state index contributed by atoms with van der Waals surface area (Å²) in [5, 5.41) is 4.27. The molecule has 3 nitrogen and oxygen atoms in total. The first-order valence-corrected chi connectivity index (χ1v) is 7.66. The van der Waals surface area contributed by atoms with E-state index in [0.29, 0.717) is 12.0 Å². The molecule has 0 spiro atoms. The van der Waals surface area contributed by atoms with Gasteiger partial charge in [-0.3, -0.25) is 4.79 Å². The number of carbonyl (C=O) groups is 1. The molecule has 1 saturated carbocycles. The molecular weight excluding hydrogens is 248 g/mol. The van der Waals surface area contributed by atoms with Crippen molar-refractivity contribution in [1.82, 2.24) is 10.3 Å². The van der Waals surface area contributed by atoms with Crippen molar-refractivity contribution in [3.8, 4) is 0 Å². The van der Waals surface area contributed by atoms with Gasteiger partial charge in [0, 0.05) is 28.7 Å². The maximum Gasteiger partial charge on any atom is 0.252 e. The summed E-state index contributed by atoms with van der Waals surface area (Å²) < 4.78 is 0. The lowest BCUT2D eigenvalue weighted by molar-refractivity contribution is 0.0906. The molecule has 1 aliphatic carbocycles. The Labute approximate surface area is 119 Å². The first-order chi connectivity index (χ1) is 9.79. The van der Waals surface area contributed by atoms with Crippen LogP contribution in [0.4, 0.5) is 0 Å². The maximum atomic E-state index is 12.6. The number of fused-ring (bicyclic) bond motifs is 1. The van der Waals surface area contributed by atoms with Gasteiger partial charge in [-0.15, -0.1) is 0 Å². The molecule has 2 aromatic rings. The van der Waals surface area contributed by atoms with Gasteiger partial charge in [0.15, 0.2) is 0 Å². The first kappa shape index (κ1) is 13.2. The number of hydrogen-bond acceptors (Lipinski definition) is 1. The predicted octanol–water partition coefficient (Wildman–Crippen LogP) is 3.87. The Morgan fingerprint density at radius 2 is 2.15 bits per heavy atom. The van der Waals surface area contributed by atoms with Crippen molar-refractivity contribution in [3.05, 3.63) is 36.0 Å². The van der Waals surface area contributed by atoms with Crippen molar-refractivity contribution in [2.24, 2.45) is 5.92 Å². The van der Waals surface area contributed by atoms with Crippen LogP contribution in [0.1, 0.15) is 49.4 Å². The molecule has 2 unspecified atom stereocenters. The zero-order valence-corrected chi connectivity index (χ0v) is 12.0. The number of benzene rings is 1. The number of rotatable bonds is 3. The first-order valence-electron chi connectivity index (χ1n) is 7.66. The lowest BCUT2D eigenvalue weighted by atomic mass is 9.83. The Balaban J connectivity index is 1.80. The third-order valence-electron chi connectivity index (χ3n) is 4.59. The van der Waals surface area contributed by atoms with Crippen LogP contribution in [0, 0.1) is 5.92 Å². The minimum atomic E-state index is 0.0700. The molecule has 1 aromatic carbocycles. The molecule has 0 bridgehead atoms. The highest BCUT2D eigenvalue weighted by Crippen LogP contribution is 2.27. The van der Waals surface area contributed by atoms with E-state index in [9.17, 15) is 4.79 Å². The third-order valence-corrected chi connectivity index (χ3v) is 4.59. The van der Waals surface area contributed by atoms with E-state index in [1.807, 2.05) is 30.5 Å². The quantitative estimate of drug-likeness (QED) is 0.873. The summed E-state index contributed by atoms with van der Waals surface area (Å²) in [7, 11) is 0. The van der Waals surface area contributed by atoms with E-state index in [0.717, 1.165) is 29.3 Å². The van der Waals surface area contributed by atoms with Crippen LogP contribution in [-0.4, -0.2) is 16.9 Å². The van der Waals surface area contributed by atoms with E-state index in [2.05, 4.69) is 17.2 Å². The van der Waals surface area contributed by atoms with Crippen molar-refractivity contribution in [2.45, 2.75) is 45.1 Å². The molecule has 1 fully saturated rings. The van der Waals surface area contributed by atoms with E-state index >= 15 is 0 Å². The number of H-pyrrole nitrogens is 1. The van der Waals surface area contributed by atoms with Gasteiger partial charge in [-0.1, -0.05) is 32.3 Å². The largest absolute Gasteiger partial charge is 0.361 e. The topological polar surface area (TPSA) is 44.9 Å². The maximum absolute atomic E-state index is 12.6. The minimum Gasteiger partial charge on any atom is -0.361 e. The standard InChI is InChI=1S/C17H22N2O/c1-2-12-6-3-4-8-15(12)19-17(20)14-7-5-9-16-13(14)10-11-18-16/h5,7,9-12,15,18H,2-4,6,8H2,1H3,(H,19,20). The van der Waals surface area contributed by atoms with Gasteiger partial charge < -0.3 is 10.3 Å². The molecule has 106 valence electrons. The number of amides is 1. The normalized spacial score (nSPS) is 22.9. The van der Waals surface area contributed by atoms with Gasteiger partial charge >= 0.3 is 0 Å². The molecule has 1 aliphatic rings. The van der Waals surface area contributed by atoms with Gasteiger partial charge in [0.05, 0.1) is 0 Å². The number of aromatic amines is 1. The lowest BCUT2D eigenvalue weighted by Crippen LogP contribution is -2.41. The zero-order valence-electron chi connectivity index (χ0n) is 12.0. The van der Waals surface area contributed by atoms with Gasteiger partial charge in [-0.2, -0.15) is 0 Å². The number of carbonyl (C=O) groups excluding carboxylic acids is 1. The van der Waals surface area contributed by atoms with Crippen LogP contribution >= 0.6 is 0 Å².